The van der Waals surface area contributed by atoms with Crippen LogP contribution in [-0.4, -0.2) is 4.73 Å². The minimum atomic E-state index is 0.804. The summed E-state index contributed by atoms with van der Waals surface area (Å²) in [5, 5.41) is 4.69. The summed E-state index contributed by atoms with van der Waals surface area (Å²) in [5.41, 5.74) is 6.72. The third kappa shape index (κ3) is 3.08. The van der Waals surface area contributed by atoms with E-state index in [9.17, 15) is 0 Å². The van der Waals surface area contributed by atoms with Gasteiger partial charge in [-0.05, 0) is 70.6 Å². The first-order valence-electron chi connectivity index (χ1n) is 12.4. The van der Waals surface area contributed by atoms with Crippen LogP contribution in [0, 0.1) is 0 Å². The van der Waals surface area contributed by atoms with Gasteiger partial charge in [0.15, 0.2) is 5.75 Å². The summed E-state index contributed by atoms with van der Waals surface area (Å²) in [6, 6.07) is 44.1. The van der Waals surface area contributed by atoms with E-state index in [1.54, 1.807) is 0 Å². The van der Waals surface area contributed by atoms with Crippen LogP contribution in [0.5, 0.6) is 17.2 Å². The van der Waals surface area contributed by atoms with E-state index in [-0.39, 0.29) is 0 Å². The van der Waals surface area contributed by atoms with Crippen LogP contribution >= 0.6 is 0 Å². The van der Waals surface area contributed by atoms with Crippen molar-refractivity contribution in [3.05, 3.63) is 127 Å². The second kappa shape index (κ2) is 7.74. The van der Waals surface area contributed by atoms with Crippen LogP contribution in [0.25, 0.3) is 54.8 Å². The maximum atomic E-state index is 6.33. The fourth-order valence-electron chi connectivity index (χ4n) is 5.55. The van der Waals surface area contributed by atoms with E-state index in [1.165, 1.54) is 16.3 Å². The highest BCUT2D eigenvalue weighted by Gasteiger charge is 2.20. The monoisotopic (exact) mass is 475 g/mol. The first-order valence-corrected chi connectivity index (χ1v) is 12.4. The minimum Gasteiger partial charge on any atom is -0.456 e. The number of ether oxygens (including phenoxy) is 1. The Balaban J connectivity index is 1.29. The highest BCUT2D eigenvalue weighted by Crippen LogP contribution is 2.47. The fraction of sp³-hybridized carbons (Fsp3) is 0. The van der Waals surface area contributed by atoms with Crippen LogP contribution in [0.2, 0.25) is 0 Å². The van der Waals surface area contributed by atoms with Crippen LogP contribution in [0.15, 0.2) is 127 Å². The summed E-state index contributed by atoms with van der Waals surface area (Å²) in [7, 11) is 0. The Morgan fingerprint density at radius 1 is 0.514 bits per heavy atom. The van der Waals surface area contributed by atoms with Gasteiger partial charge in [0.25, 0.3) is 0 Å². The lowest BCUT2D eigenvalue weighted by atomic mass is 9.92. The summed E-state index contributed by atoms with van der Waals surface area (Å²) in [6.07, 6.45) is 0. The number of fused-ring (bicyclic) bond motifs is 5. The normalized spacial score (nSPS) is 12.0. The number of benzene rings is 6. The van der Waals surface area contributed by atoms with Crippen molar-refractivity contribution in [1.82, 2.24) is 4.73 Å². The first-order chi connectivity index (χ1) is 18.3. The minimum absolute atomic E-state index is 0.804. The Labute approximate surface area is 213 Å². The standard InChI is InChI=1S/C34H21NO2/c1-2-10-25(11-3-1)37-35-30-14-5-4-12-26(30)28-20-23(16-18-31(28)35)24-17-19-32-29(21-24)27-13-6-8-22-9-7-15-33(36-32)34(22)27/h1-21H. The van der Waals surface area contributed by atoms with Crippen molar-refractivity contribution in [2.75, 3.05) is 0 Å². The SMILES string of the molecule is c1ccc(On2c3ccccc3c3cc(-c4ccc5c(c4)-c4cccc6cccc(c46)O5)ccc32)cc1. The molecule has 1 aliphatic heterocycles. The van der Waals surface area contributed by atoms with Gasteiger partial charge in [-0.25, -0.2) is 0 Å². The van der Waals surface area contributed by atoms with Crippen LogP contribution in [0.1, 0.15) is 0 Å². The average Bonchev–Trinajstić information content (AvgIpc) is 3.26. The fourth-order valence-corrected chi connectivity index (χ4v) is 5.55. The van der Waals surface area contributed by atoms with E-state index in [4.69, 9.17) is 9.57 Å². The lowest BCUT2D eigenvalue weighted by Crippen LogP contribution is -2.04. The molecular formula is C34H21NO2. The van der Waals surface area contributed by atoms with Crippen molar-refractivity contribution in [3.8, 4) is 39.5 Å². The van der Waals surface area contributed by atoms with Gasteiger partial charge in [0.1, 0.15) is 11.5 Å². The molecule has 37 heavy (non-hydrogen) atoms. The Morgan fingerprint density at radius 2 is 1.27 bits per heavy atom. The molecule has 1 aromatic heterocycles. The molecule has 174 valence electrons. The molecule has 0 N–H and O–H groups in total. The number of hydrogen-bond acceptors (Lipinski definition) is 2. The van der Waals surface area contributed by atoms with Crippen molar-refractivity contribution >= 4 is 32.6 Å². The maximum absolute atomic E-state index is 6.33. The smallest absolute Gasteiger partial charge is 0.155 e. The van der Waals surface area contributed by atoms with Crippen LogP contribution < -0.4 is 9.57 Å². The van der Waals surface area contributed by atoms with Crippen molar-refractivity contribution < 1.29 is 9.57 Å². The van der Waals surface area contributed by atoms with Gasteiger partial charge < -0.3 is 9.57 Å². The molecule has 8 rings (SSSR count). The number of nitrogens with zero attached hydrogens (tertiary/aromatic N) is 1. The summed E-state index contributed by atoms with van der Waals surface area (Å²) in [4.78, 5) is 6.33. The van der Waals surface area contributed by atoms with E-state index >= 15 is 0 Å². The molecule has 0 saturated carbocycles. The number of rotatable bonds is 3. The van der Waals surface area contributed by atoms with Crippen LogP contribution in [0.3, 0.4) is 0 Å². The van der Waals surface area contributed by atoms with Gasteiger partial charge >= 0.3 is 0 Å². The Morgan fingerprint density at radius 3 is 2.19 bits per heavy atom. The second-order valence-electron chi connectivity index (χ2n) is 9.42. The maximum Gasteiger partial charge on any atom is 0.155 e. The average molecular weight is 476 g/mol. The highest BCUT2D eigenvalue weighted by atomic mass is 16.7. The third-order valence-corrected chi connectivity index (χ3v) is 7.26. The molecule has 0 bridgehead atoms. The zero-order valence-corrected chi connectivity index (χ0v) is 19.9. The topological polar surface area (TPSA) is 23.4 Å². The molecule has 0 saturated heterocycles. The van der Waals surface area contributed by atoms with Crippen molar-refractivity contribution in [1.29, 1.82) is 0 Å². The molecule has 0 radical (unpaired) electrons. The molecule has 0 spiro atoms. The predicted octanol–water partition coefficient (Wildman–Crippen LogP) is 9.23. The first kappa shape index (κ1) is 20.2. The lowest BCUT2D eigenvalue weighted by molar-refractivity contribution is 0.241. The summed E-state index contributed by atoms with van der Waals surface area (Å²) in [6.45, 7) is 0. The summed E-state index contributed by atoms with van der Waals surface area (Å²) in [5.74, 6) is 2.61. The van der Waals surface area contributed by atoms with Gasteiger partial charge in [0.05, 0.1) is 11.0 Å². The predicted molar refractivity (Wildman–Crippen MR) is 150 cm³/mol. The second-order valence-corrected chi connectivity index (χ2v) is 9.42. The van der Waals surface area contributed by atoms with Gasteiger partial charge in [-0.15, -0.1) is 0 Å². The molecule has 3 nitrogen and oxygen atoms in total. The van der Waals surface area contributed by atoms with Crippen LogP contribution in [-0.2, 0) is 0 Å². The van der Waals surface area contributed by atoms with E-state index in [0.29, 0.717) is 0 Å². The van der Waals surface area contributed by atoms with Crippen molar-refractivity contribution in [3.63, 3.8) is 0 Å². The largest absolute Gasteiger partial charge is 0.456 e. The van der Waals surface area contributed by atoms with Gasteiger partial charge in [-0.2, -0.15) is 4.73 Å². The molecule has 0 aliphatic carbocycles. The van der Waals surface area contributed by atoms with Crippen molar-refractivity contribution in [2.24, 2.45) is 0 Å². The lowest BCUT2D eigenvalue weighted by Gasteiger charge is -2.22. The van der Waals surface area contributed by atoms with Gasteiger partial charge in [0.2, 0.25) is 0 Å². The van der Waals surface area contributed by atoms with Gasteiger partial charge in [-0.1, -0.05) is 78.9 Å². The molecule has 0 amide bonds. The zero-order chi connectivity index (χ0) is 24.3. The summed E-state index contributed by atoms with van der Waals surface area (Å²) < 4.78 is 8.24. The molecule has 6 aromatic carbocycles. The molecular weight excluding hydrogens is 454 g/mol. The molecule has 2 heterocycles. The number of para-hydroxylation sites is 2. The molecule has 1 aliphatic rings. The Hall–Kier alpha value is -5.02. The molecule has 7 aromatic rings. The molecule has 3 heteroatoms. The van der Waals surface area contributed by atoms with Gasteiger partial charge in [0, 0.05) is 21.7 Å². The van der Waals surface area contributed by atoms with Gasteiger partial charge in [-0.3, -0.25) is 0 Å². The zero-order valence-electron chi connectivity index (χ0n) is 19.9. The summed E-state index contributed by atoms with van der Waals surface area (Å²) >= 11 is 0. The number of hydrogen-bond donors (Lipinski definition) is 0. The van der Waals surface area contributed by atoms with E-state index < -0.39 is 0 Å². The molecule has 0 unspecified atom stereocenters. The Kier molecular flexibility index (Phi) is 4.23. The quantitative estimate of drug-likeness (QED) is 0.254. The third-order valence-electron chi connectivity index (χ3n) is 7.26. The van der Waals surface area contributed by atoms with E-state index in [0.717, 1.165) is 55.7 Å². The molecule has 0 fully saturated rings. The van der Waals surface area contributed by atoms with Crippen molar-refractivity contribution in [2.45, 2.75) is 0 Å². The number of aromatic nitrogens is 1. The highest BCUT2D eigenvalue weighted by molar-refractivity contribution is 6.09. The van der Waals surface area contributed by atoms with E-state index in [2.05, 4.69) is 84.9 Å². The molecule has 0 atom stereocenters. The van der Waals surface area contributed by atoms with Crippen LogP contribution in [0.4, 0.5) is 0 Å². The Bertz CT molecular complexity index is 1980. The van der Waals surface area contributed by atoms with E-state index in [1.807, 2.05) is 47.2 Å².